The Morgan fingerprint density at radius 1 is 1.20 bits per heavy atom. The molecule has 126 valence electrons. The highest BCUT2D eigenvalue weighted by Gasteiger charge is 2.41. The normalized spacial score (nSPS) is 19.2. The first-order valence-corrected chi connectivity index (χ1v) is 8.81. The number of amides is 1. The Kier molecular flexibility index (Phi) is 3.13. The Labute approximate surface area is 145 Å². The van der Waals surface area contributed by atoms with Crippen molar-refractivity contribution in [3.63, 3.8) is 0 Å². The van der Waals surface area contributed by atoms with Crippen molar-refractivity contribution in [3.8, 4) is 0 Å². The van der Waals surface area contributed by atoms with Crippen LogP contribution in [-0.4, -0.2) is 36.4 Å². The maximum Gasteiger partial charge on any atom is 0.294 e. The zero-order valence-electron chi connectivity index (χ0n) is 14.1. The van der Waals surface area contributed by atoms with E-state index < -0.39 is 0 Å². The van der Waals surface area contributed by atoms with Crippen molar-refractivity contribution in [2.45, 2.75) is 44.7 Å². The highest BCUT2D eigenvalue weighted by atomic mass is 16.2. The van der Waals surface area contributed by atoms with Gasteiger partial charge in [-0.25, -0.2) is 9.50 Å². The fourth-order valence-electron chi connectivity index (χ4n) is 3.85. The molecule has 1 fully saturated rings. The van der Waals surface area contributed by atoms with Crippen LogP contribution < -0.4 is 0 Å². The third-order valence-electron chi connectivity index (χ3n) is 5.23. The molecule has 5 rings (SSSR count). The first-order chi connectivity index (χ1) is 12.2. The summed E-state index contributed by atoms with van der Waals surface area (Å²) in [5.74, 6) is 0.651. The number of aryl methyl sites for hydroxylation is 2. The monoisotopic (exact) mass is 333 g/mol. The van der Waals surface area contributed by atoms with E-state index in [0.29, 0.717) is 11.8 Å². The molecule has 0 bridgehead atoms. The van der Waals surface area contributed by atoms with E-state index in [-0.39, 0.29) is 17.8 Å². The summed E-state index contributed by atoms with van der Waals surface area (Å²) < 4.78 is 1.64. The summed E-state index contributed by atoms with van der Waals surface area (Å²) >= 11 is 0. The average Bonchev–Trinajstić information content (AvgIpc) is 3.20. The largest absolute Gasteiger partial charge is 0.326 e. The van der Waals surface area contributed by atoms with Gasteiger partial charge in [-0.2, -0.15) is 4.98 Å². The minimum Gasteiger partial charge on any atom is -0.326 e. The quantitative estimate of drug-likeness (QED) is 0.739. The standard InChI is InChI=1S/C19H19N5O/c1-12-10-11-20-19-21-17(22-24(12)19)18(25)23(14-7-8-14)16-9-6-13-4-2-3-5-15(13)16/h2-5,10-11,14,16H,6-9H2,1H3/t16-/m0/s1. The maximum atomic E-state index is 13.3. The van der Waals surface area contributed by atoms with E-state index in [1.807, 2.05) is 17.9 Å². The number of hydrogen-bond acceptors (Lipinski definition) is 4. The van der Waals surface area contributed by atoms with Crippen LogP contribution in [0.25, 0.3) is 5.78 Å². The average molecular weight is 333 g/mol. The molecule has 6 heteroatoms. The van der Waals surface area contributed by atoms with Crippen LogP contribution in [0, 0.1) is 6.92 Å². The number of aromatic nitrogens is 4. The van der Waals surface area contributed by atoms with Crippen molar-refractivity contribution in [2.75, 3.05) is 0 Å². The molecular formula is C19H19N5O. The zero-order chi connectivity index (χ0) is 17.0. The van der Waals surface area contributed by atoms with Crippen LogP contribution in [0.5, 0.6) is 0 Å². The van der Waals surface area contributed by atoms with Gasteiger partial charge in [-0.1, -0.05) is 24.3 Å². The van der Waals surface area contributed by atoms with Gasteiger partial charge in [-0.05, 0) is 49.8 Å². The van der Waals surface area contributed by atoms with Gasteiger partial charge >= 0.3 is 0 Å². The molecule has 2 aromatic heterocycles. The van der Waals surface area contributed by atoms with Crippen LogP contribution in [0.15, 0.2) is 36.5 Å². The minimum atomic E-state index is -0.0749. The lowest BCUT2D eigenvalue weighted by Gasteiger charge is -2.28. The summed E-state index contributed by atoms with van der Waals surface area (Å²) in [6, 6.07) is 10.8. The van der Waals surface area contributed by atoms with Crippen LogP contribution in [0.3, 0.4) is 0 Å². The number of rotatable bonds is 3. The van der Waals surface area contributed by atoms with E-state index in [4.69, 9.17) is 0 Å². The summed E-state index contributed by atoms with van der Waals surface area (Å²) in [5, 5.41) is 4.42. The molecule has 0 radical (unpaired) electrons. The topological polar surface area (TPSA) is 63.4 Å². The molecule has 25 heavy (non-hydrogen) atoms. The van der Waals surface area contributed by atoms with Gasteiger partial charge in [-0.3, -0.25) is 4.79 Å². The van der Waals surface area contributed by atoms with Crippen molar-refractivity contribution in [3.05, 3.63) is 59.2 Å². The van der Waals surface area contributed by atoms with Gasteiger partial charge in [0.05, 0.1) is 6.04 Å². The highest BCUT2D eigenvalue weighted by Crippen LogP contribution is 2.42. The molecular weight excluding hydrogens is 314 g/mol. The molecule has 1 amide bonds. The van der Waals surface area contributed by atoms with Gasteiger partial charge < -0.3 is 4.90 Å². The third kappa shape index (κ3) is 2.32. The van der Waals surface area contributed by atoms with Crippen LogP contribution in [-0.2, 0) is 6.42 Å². The van der Waals surface area contributed by atoms with E-state index in [0.717, 1.165) is 31.4 Å². The number of hydrogen-bond donors (Lipinski definition) is 0. The SMILES string of the molecule is Cc1ccnc2nc(C(=O)N(C3CC3)[C@H]3CCc4ccccc43)nn12. The van der Waals surface area contributed by atoms with Crippen molar-refractivity contribution in [2.24, 2.45) is 0 Å². The molecule has 2 heterocycles. The zero-order valence-corrected chi connectivity index (χ0v) is 14.1. The van der Waals surface area contributed by atoms with Gasteiger partial charge in [0.2, 0.25) is 5.82 Å². The molecule has 2 aliphatic rings. The Balaban J connectivity index is 1.54. The van der Waals surface area contributed by atoms with Crippen LogP contribution in [0.1, 0.15) is 52.7 Å². The van der Waals surface area contributed by atoms with Crippen LogP contribution >= 0.6 is 0 Å². The third-order valence-corrected chi connectivity index (χ3v) is 5.23. The lowest BCUT2D eigenvalue weighted by atomic mass is 10.1. The second-order valence-corrected chi connectivity index (χ2v) is 6.93. The molecule has 3 aromatic rings. The molecule has 6 nitrogen and oxygen atoms in total. The van der Waals surface area contributed by atoms with Gasteiger partial charge in [0, 0.05) is 17.9 Å². The second-order valence-electron chi connectivity index (χ2n) is 6.93. The van der Waals surface area contributed by atoms with Crippen molar-refractivity contribution < 1.29 is 4.79 Å². The summed E-state index contributed by atoms with van der Waals surface area (Å²) in [5.41, 5.74) is 3.55. The number of fused-ring (bicyclic) bond motifs is 2. The van der Waals surface area contributed by atoms with Crippen LogP contribution in [0.2, 0.25) is 0 Å². The maximum absolute atomic E-state index is 13.3. The summed E-state index contributed by atoms with van der Waals surface area (Å²) in [6.07, 6.45) is 5.83. The van der Waals surface area contributed by atoms with E-state index in [9.17, 15) is 4.79 Å². The van der Waals surface area contributed by atoms with E-state index in [1.54, 1.807) is 10.7 Å². The summed E-state index contributed by atoms with van der Waals surface area (Å²) in [6.45, 7) is 1.93. The Bertz CT molecular complexity index is 975. The minimum absolute atomic E-state index is 0.0749. The van der Waals surface area contributed by atoms with E-state index >= 15 is 0 Å². The molecule has 0 spiro atoms. The van der Waals surface area contributed by atoms with E-state index in [1.165, 1.54) is 11.1 Å². The molecule has 0 saturated heterocycles. The number of nitrogens with zero attached hydrogens (tertiary/aromatic N) is 5. The van der Waals surface area contributed by atoms with Gasteiger partial charge in [0.25, 0.3) is 11.7 Å². The lowest BCUT2D eigenvalue weighted by molar-refractivity contribution is 0.0645. The number of benzene rings is 1. The fraction of sp³-hybridized carbons (Fsp3) is 0.368. The fourth-order valence-corrected chi connectivity index (χ4v) is 3.85. The predicted molar refractivity (Wildman–Crippen MR) is 92.2 cm³/mol. The molecule has 1 atom stereocenters. The molecule has 0 N–H and O–H groups in total. The molecule has 1 aromatic carbocycles. The lowest BCUT2D eigenvalue weighted by Crippen LogP contribution is -2.36. The number of carbonyl (C=O) groups excluding carboxylic acids is 1. The van der Waals surface area contributed by atoms with Gasteiger partial charge in [-0.15, -0.1) is 5.10 Å². The van der Waals surface area contributed by atoms with Crippen LogP contribution in [0.4, 0.5) is 0 Å². The molecule has 0 aliphatic heterocycles. The Morgan fingerprint density at radius 2 is 2.04 bits per heavy atom. The first-order valence-electron chi connectivity index (χ1n) is 8.81. The van der Waals surface area contributed by atoms with Crippen molar-refractivity contribution in [1.82, 2.24) is 24.5 Å². The van der Waals surface area contributed by atoms with Gasteiger partial charge in [0.15, 0.2) is 0 Å². The predicted octanol–water partition coefficient (Wildman–Crippen LogP) is 2.72. The van der Waals surface area contributed by atoms with Gasteiger partial charge in [0.1, 0.15) is 0 Å². The van der Waals surface area contributed by atoms with Crippen molar-refractivity contribution >= 4 is 11.7 Å². The molecule has 1 saturated carbocycles. The first kappa shape index (κ1) is 14.6. The van der Waals surface area contributed by atoms with Crippen molar-refractivity contribution in [1.29, 1.82) is 0 Å². The summed E-state index contributed by atoms with van der Waals surface area (Å²) in [4.78, 5) is 23.9. The highest BCUT2D eigenvalue weighted by molar-refractivity contribution is 5.91. The molecule has 0 unspecified atom stereocenters. The molecule has 2 aliphatic carbocycles. The smallest absolute Gasteiger partial charge is 0.294 e. The number of carbonyl (C=O) groups is 1. The summed E-state index contributed by atoms with van der Waals surface area (Å²) in [7, 11) is 0. The second kappa shape index (κ2) is 5.37. The Hall–Kier alpha value is -2.76. The Morgan fingerprint density at radius 3 is 2.84 bits per heavy atom. The van der Waals surface area contributed by atoms with E-state index in [2.05, 4.69) is 39.3 Å².